The Labute approximate surface area is 101 Å². The second-order valence-corrected chi connectivity index (χ2v) is 4.45. The lowest BCUT2D eigenvalue weighted by molar-refractivity contribution is 0.0598. The van der Waals surface area contributed by atoms with Crippen LogP contribution >= 0.6 is 0 Å². The molecule has 1 aromatic carbocycles. The topological polar surface area (TPSA) is 50.1 Å². The zero-order chi connectivity index (χ0) is 12.4. The second kappa shape index (κ2) is 4.58. The lowest BCUT2D eigenvalue weighted by Crippen LogP contribution is -2.17. The molecule has 0 aliphatic heterocycles. The van der Waals surface area contributed by atoms with E-state index in [4.69, 9.17) is 4.74 Å². The molecule has 0 bridgehead atoms. The van der Waals surface area contributed by atoms with Crippen LogP contribution in [0.4, 0.5) is 0 Å². The summed E-state index contributed by atoms with van der Waals surface area (Å²) in [5.41, 5.74) is 3.03. The Balaban J connectivity index is 2.59. The van der Waals surface area contributed by atoms with Gasteiger partial charge in [-0.3, -0.25) is 0 Å². The molecule has 0 saturated heterocycles. The Morgan fingerprint density at radius 2 is 2.18 bits per heavy atom. The molecule has 0 atom stereocenters. The fourth-order valence-corrected chi connectivity index (χ4v) is 2.29. The van der Waals surface area contributed by atoms with Crippen LogP contribution in [0.5, 0.6) is 0 Å². The molecule has 1 aliphatic carbocycles. The number of esters is 1. The van der Waals surface area contributed by atoms with E-state index in [-0.39, 0.29) is 5.97 Å². The molecule has 0 N–H and O–H groups in total. The van der Waals surface area contributed by atoms with Crippen LogP contribution in [-0.4, -0.2) is 13.1 Å². The molecule has 0 unspecified atom stereocenters. The van der Waals surface area contributed by atoms with Crippen molar-refractivity contribution in [2.75, 3.05) is 7.11 Å². The maximum Gasteiger partial charge on any atom is 0.338 e. The molecule has 1 aliphatic rings. The highest BCUT2D eigenvalue weighted by atomic mass is 16.5. The number of hydrogen-bond donors (Lipinski definition) is 0. The van der Waals surface area contributed by atoms with Crippen LogP contribution < -0.4 is 0 Å². The van der Waals surface area contributed by atoms with Crippen molar-refractivity contribution in [1.29, 1.82) is 5.26 Å². The molecule has 2 rings (SSSR count). The van der Waals surface area contributed by atoms with E-state index in [0.29, 0.717) is 17.0 Å². The predicted molar refractivity (Wildman–Crippen MR) is 63.8 cm³/mol. The summed E-state index contributed by atoms with van der Waals surface area (Å²) < 4.78 is 4.79. The molecular weight excluding hydrogens is 214 g/mol. The molecule has 88 valence electrons. The Morgan fingerprint density at radius 1 is 1.47 bits per heavy atom. The minimum Gasteiger partial charge on any atom is -0.465 e. The maximum absolute atomic E-state index is 11.7. The van der Waals surface area contributed by atoms with Crippen LogP contribution in [0.2, 0.25) is 0 Å². The van der Waals surface area contributed by atoms with Crippen molar-refractivity contribution in [1.82, 2.24) is 0 Å². The second-order valence-electron chi connectivity index (χ2n) is 4.45. The summed E-state index contributed by atoms with van der Waals surface area (Å²) in [5.74, 6) is 0.00190. The normalized spacial score (nSPS) is 14.9. The van der Waals surface area contributed by atoms with Crippen LogP contribution in [0.1, 0.15) is 52.2 Å². The molecule has 0 amide bonds. The molecule has 0 radical (unpaired) electrons. The van der Waals surface area contributed by atoms with Gasteiger partial charge in [0.1, 0.15) is 0 Å². The minimum absolute atomic E-state index is 0.344. The quantitative estimate of drug-likeness (QED) is 0.732. The molecule has 0 spiro atoms. The van der Waals surface area contributed by atoms with Crippen molar-refractivity contribution in [3.05, 3.63) is 34.4 Å². The lowest BCUT2D eigenvalue weighted by Gasteiger charge is -2.28. The van der Waals surface area contributed by atoms with Gasteiger partial charge in [0, 0.05) is 0 Å². The van der Waals surface area contributed by atoms with Gasteiger partial charge in [-0.1, -0.05) is 12.5 Å². The zero-order valence-corrected chi connectivity index (χ0v) is 10.1. The summed E-state index contributed by atoms with van der Waals surface area (Å²) in [7, 11) is 1.37. The average Bonchev–Trinajstić information content (AvgIpc) is 2.26. The van der Waals surface area contributed by atoms with Gasteiger partial charge in [-0.15, -0.1) is 0 Å². The van der Waals surface area contributed by atoms with Gasteiger partial charge in [0.2, 0.25) is 0 Å². The van der Waals surface area contributed by atoms with Crippen molar-refractivity contribution in [3.8, 4) is 6.07 Å². The Morgan fingerprint density at radius 3 is 2.65 bits per heavy atom. The van der Waals surface area contributed by atoms with E-state index in [9.17, 15) is 10.1 Å². The number of rotatable bonds is 2. The predicted octanol–water partition coefficient (Wildman–Crippen LogP) is 2.92. The summed E-state index contributed by atoms with van der Waals surface area (Å²) in [6.07, 6.45) is 3.29. The molecule has 3 nitrogen and oxygen atoms in total. The van der Waals surface area contributed by atoms with Crippen molar-refractivity contribution in [3.63, 3.8) is 0 Å². The SMILES string of the molecule is COC(=O)c1ccc(C)c(C#N)c1C1CCC1. The van der Waals surface area contributed by atoms with Gasteiger partial charge < -0.3 is 4.74 Å². The lowest BCUT2D eigenvalue weighted by atomic mass is 9.75. The number of methoxy groups -OCH3 is 1. The van der Waals surface area contributed by atoms with Crippen LogP contribution in [0, 0.1) is 18.3 Å². The number of ether oxygens (including phenoxy) is 1. The molecule has 0 heterocycles. The molecule has 1 aromatic rings. The van der Waals surface area contributed by atoms with Crippen molar-refractivity contribution in [2.45, 2.75) is 32.1 Å². The van der Waals surface area contributed by atoms with Gasteiger partial charge in [0.15, 0.2) is 0 Å². The molecule has 1 fully saturated rings. The van der Waals surface area contributed by atoms with Gasteiger partial charge in [0.25, 0.3) is 0 Å². The molecule has 17 heavy (non-hydrogen) atoms. The third-order valence-corrected chi connectivity index (χ3v) is 3.48. The fraction of sp³-hybridized carbons (Fsp3) is 0.429. The maximum atomic E-state index is 11.7. The number of nitrogens with zero attached hydrogens (tertiary/aromatic N) is 1. The highest BCUT2D eigenvalue weighted by Gasteiger charge is 2.28. The summed E-state index contributed by atoms with van der Waals surface area (Å²) >= 11 is 0. The molecule has 3 heteroatoms. The Kier molecular flexibility index (Phi) is 3.14. The number of carbonyl (C=O) groups excluding carboxylic acids is 1. The van der Waals surface area contributed by atoms with Gasteiger partial charge in [0.05, 0.1) is 24.3 Å². The third-order valence-electron chi connectivity index (χ3n) is 3.48. The van der Waals surface area contributed by atoms with E-state index >= 15 is 0 Å². The van der Waals surface area contributed by atoms with E-state index in [1.165, 1.54) is 13.5 Å². The number of carbonyl (C=O) groups is 1. The zero-order valence-electron chi connectivity index (χ0n) is 10.1. The van der Waals surface area contributed by atoms with Crippen molar-refractivity contribution >= 4 is 5.97 Å². The largest absolute Gasteiger partial charge is 0.465 e. The van der Waals surface area contributed by atoms with Gasteiger partial charge >= 0.3 is 5.97 Å². The van der Waals surface area contributed by atoms with Gasteiger partial charge in [-0.2, -0.15) is 5.26 Å². The number of hydrogen-bond acceptors (Lipinski definition) is 3. The highest BCUT2D eigenvalue weighted by molar-refractivity contribution is 5.92. The van der Waals surface area contributed by atoms with E-state index in [2.05, 4.69) is 6.07 Å². The van der Waals surface area contributed by atoms with E-state index in [1.54, 1.807) is 6.07 Å². The summed E-state index contributed by atoms with van der Waals surface area (Å²) in [5, 5.41) is 9.24. The standard InChI is InChI=1S/C14H15NO2/c1-9-6-7-11(14(16)17-2)13(12(9)8-15)10-4-3-5-10/h6-7,10H,3-5H2,1-2H3. The number of aryl methyl sites for hydroxylation is 1. The Bertz CT molecular complexity index is 496. The van der Waals surface area contributed by atoms with Crippen molar-refractivity contribution in [2.24, 2.45) is 0 Å². The first kappa shape index (κ1) is 11.7. The van der Waals surface area contributed by atoms with Crippen LogP contribution in [0.25, 0.3) is 0 Å². The third kappa shape index (κ3) is 1.91. The van der Waals surface area contributed by atoms with Crippen LogP contribution in [-0.2, 0) is 4.74 Å². The van der Waals surface area contributed by atoms with Crippen LogP contribution in [0.3, 0.4) is 0 Å². The van der Waals surface area contributed by atoms with Gasteiger partial charge in [-0.05, 0) is 42.9 Å². The number of benzene rings is 1. The summed E-state index contributed by atoms with van der Waals surface area (Å²) in [4.78, 5) is 11.7. The smallest absolute Gasteiger partial charge is 0.338 e. The fourth-order valence-electron chi connectivity index (χ4n) is 2.29. The van der Waals surface area contributed by atoms with Crippen LogP contribution in [0.15, 0.2) is 12.1 Å². The average molecular weight is 229 g/mol. The molecule has 1 saturated carbocycles. The molecular formula is C14H15NO2. The summed E-state index contributed by atoms with van der Waals surface area (Å²) in [6.45, 7) is 1.90. The Hall–Kier alpha value is -1.82. The monoisotopic (exact) mass is 229 g/mol. The van der Waals surface area contributed by atoms with E-state index in [1.807, 2.05) is 13.0 Å². The van der Waals surface area contributed by atoms with Gasteiger partial charge in [-0.25, -0.2) is 4.79 Å². The first-order valence-corrected chi connectivity index (χ1v) is 5.81. The molecule has 0 aromatic heterocycles. The minimum atomic E-state index is -0.344. The first-order chi connectivity index (χ1) is 8.19. The van der Waals surface area contributed by atoms with Crippen molar-refractivity contribution < 1.29 is 9.53 Å². The number of nitriles is 1. The van der Waals surface area contributed by atoms with E-state index < -0.39 is 0 Å². The summed E-state index contributed by atoms with van der Waals surface area (Å²) in [6, 6.07) is 5.81. The highest BCUT2D eigenvalue weighted by Crippen LogP contribution is 2.40. The van der Waals surface area contributed by atoms with E-state index in [0.717, 1.165) is 24.0 Å². The first-order valence-electron chi connectivity index (χ1n) is 5.81.